The van der Waals surface area contributed by atoms with Gasteiger partial charge in [0.15, 0.2) is 0 Å². The van der Waals surface area contributed by atoms with Gasteiger partial charge in [0.05, 0.1) is 11.4 Å². The Morgan fingerprint density at radius 1 is 1.03 bits per heavy atom. The molecule has 39 heavy (non-hydrogen) atoms. The highest BCUT2D eigenvalue weighted by molar-refractivity contribution is 7.89. The molecule has 0 radical (unpaired) electrons. The van der Waals surface area contributed by atoms with E-state index in [9.17, 15) is 18.0 Å². The molecule has 1 aliphatic heterocycles. The second-order valence-corrected chi connectivity index (χ2v) is 13.6. The molecule has 8 nitrogen and oxygen atoms in total. The number of nitrogens with one attached hydrogen (secondary N) is 1. The van der Waals surface area contributed by atoms with E-state index in [-0.39, 0.29) is 41.5 Å². The number of benzene rings is 2. The number of carbonyl (C=O) groups excluding carboxylic acids is 2. The van der Waals surface area contributed by atoms with Crippen molar-refractivity contribution in [1.29, 1.82) is 0 Å². The number of rotatable bonds is 9. The second kappa shape index (κ2) is 13.2. The van der Waals surface area contributed by atoms with Crippen LogP contribution in [0.5, 0.6) is 0 Å². The summed E-state index contributed by atoms with van der Waals surface area (Å²) in [4.78, 5) is 30.2. The maximum atomic E-state index is 13.8. The number of likely N-dealkylation sites (tertiary alicyclic amines) is 1. The number of hydrogen-bond acceptors (Lipinski definition) is 4. The molecule has 0 bridgehead atoms. The summed E-state index contributed by atoms with van der Waals surface area (Å²) in [5.74, 6) is -0.258. The van der Waals surface area contributed by atoms with Gasteiger partial charge in [-0.25, -0.2) is 13.2 Å². The van der Waals surface area contributed by atoms with Gasteiger partial charge >= 0.3 is 6.03 Å². The molecule has 0 unspecified atom stereocenters. The molecule has 1 N–H and O–H groups in total. The highest BCUT2D eigenvalue weighted by Gasteiger charge is 2.33. The molecule has 0 spiro atoms. The Kier molecular flexibility index (Phi) is 10.4. The first-order chi connectivity index (χ1) is 18.3. The van der Waals surface area contributed by atoms with Crippen LogP contribution in [0.1, 0.15) is 58.1 Å². The summed E-state index contributed by atoms with van der Waals surface area (Å²) in [6.07, 6.45) is 1.79. The topological polar surface area (TPSA) is 90.0 Å². The van der Waals surface area contributed by atoms with Gasteiger partial charge in [-0.15, -0.1) is 0 Å². The molecule has 1 fully saturated rings. The van der Waals surface area contributed by atoms with Crippen LogP contribution in [-0.2, 0) is 21.4 Å². The average Bonchev–Trinajstić information content (AvgIpc) is 2.87. The fraction of sp³-hybridized carbons (Fsp3) is 0.517. The molecule has 1 aliphatic rings. The van der Waals surface area contributed by atoms with E-state index >= 15 is 0 Å². The Morgan fingerprint density at radius 3 is 2.15 bits per heavy atom. The highest BCUT2D eigenvalue weighted by Crippen LogP contribution is 2.23. The highest BCUT2D eigenvalue weighted by atomic mass is 35.5. The molecule has 0 saturated carbocycles. The Labute approximate surface area is 238 Å². The van der Waals surface area contributed by atoms with Crippen molar-refractivity contribution >= 4 is 33.6 Å². The van der Waals surface area contributed by atoms with E-state index in [0.29, 0.717) is 43.9 Å². The van der Waals surface area contributed by atoms with E-state index in [4.69, 9.17) is 11.6 Å². The molecule has 2 aromatic carbocycles. The number of carbonyl (C=O) groups is 2. The summed E-state index contributed by atoms with van der Waals surface area (Å²) in [6, 6.07) is 13.8. The Hall–Kier alpha value is -2.62. The van der Waals surface area contributed by atoms with Crippen molar-refractivity contribution in [1.82, 2.24) is 19.4 Å². The fourth-order valence-corrected chi connectivity index (χ4v) is 6.23. The molecular formula is C29H41ClN4O4S. The lowest BCUT2D eigenvalue weighted by Crippen LogP contribution is -2.54. The lowest BCUT2D eigenvalue weighted by Gasteiger charge is -2.40. The first-order valence-electron chi connectivity index (χ1n) is 13.5. The lowest BCUT2D eigenvalue weighted by atomic mass is 10.0. The smallest absolute Gasteiger partial charge is 0.317 e. The number of aryl methyl sites for hydroxylation is 1. The number of halogens is 1. The molecule has 0 atom stereocenters. The Morgan fingerprint density at radius 2 is 1.62 bits per heavy atom. The van der Waals surface area contributed by atoms with E-state index in [0.717, 1.165) is 11.1 Å². The van der Waals surface area contributed by atoms with Crippen LogP contribution < -0.4 is 5.32 Å². The Balaban J connectivity index is 1.81. The van der Waals surface area contributed by atoms with Gasteiger partial charge in [-0.05, 0) is 76.8 Å². The quantitative estimate of drug-likeness (QED) is 0.452. The van der Waals surface area contributed by atoms with Crippen LogP contribution >= 0.6 is 11.6 Å². The third-order valence-corrected chi connectivity index (χ3v) is 8.82. The zero-order chi connectivity index (χ0) is 28.8. The average molecular weight is 577 g/mol. The van der Waals surface area contributed by atoms with Gasteiger partial charge in [-0.1, -0.05) is 48.4 Å². The standard InChI is InChI=1S/C29H41ClN4O4S/c1-6-17-33(39(37,38)26-13-7-22(2)8-14-26)21-27(35)34(20-23-9-11-24(30)12-10-23)25-15-18-32(19-16-25)28(36)31-29(3,4)5/h7-14,25H,6,15-21H2,1-5H3,(H,31,36). The van der Waals surface area contributed by atoms with Crippen molar-refractivity contribution in [2.75, 3.05) is 26.2 Å². The summed E-state index contributed by atoms with van der Waals surface area (Å²) >= 11 is 6.08. The van der Waals surface area contributed by atoms with Gasteiger partial charge in [0.1, 0.15) is 0 Å². The van der Waals surface area contributed by atoms with Crippen LogP contribution in [0.15, 0.2) is 53.4 Å². The molecule has 3 rings (SSSR count). The minimum Gasteiger partial charge on any atom is -0.334 e. The maximum Gasteiger partial charge on any atom is 0.317 e. The predicted molar refractivity (Wildman–Crippen MR) is 155 cm³/mol. The predicted octanol–water partition coefficient (Wildman–Crippen LogP) is 5.05. The van der Waals surface area contributed by atoms with Gasteiger partial charge in [-0.3, -0.25) is 4.79 Å². The molecule has 10 heteroatoms. The largest absolute Gasteiger partial charge is 0.334 e. The van der Waals surface area contributed by atoms with E-state index in [2.05, 4.69) is 5.32 Å². The molecule has 3 amide bonds. The zero-order valence-corrected chi connectivity index (χ0v) is 25.2. The van der Waals surface area contributed by atoms with E-state index in [1.807, 2.05) is 46.8 Å². The maximum absolute atomic E-state index is 13.8. The van der Waals surface area contributed by atoms with Crippen LogP contribution in [0.2, 0.25) is 5.02 Å². The van der Waals surface area contributed by atoms with Crippen LogP contribution in [0.3, 0.4) is 0 Å². The monoisotopic (exact) mass is 576 g/mol. The summed E-state index contributed by atoms with van der Waals surface area (Å²) < 4.78 is 28.2. The van der Waals surface area contributed by atoms with Crippen LogP contribution in [-0.4, -0.2) is 72.2 Å². The van der Waals surface area contributed by atoms with Gasteiger partial charge in [0.25, 0.3) is 0 Å². The SMILES string of the molecule is CCCN(CC(=O)N(Cc1ccc(Cl)cc1)C1CCN(C(=O)NC(C)(C)C)CC1)S(=O)(=O)c1ccc(C)cc1. The van der Waals surface area contributed by atoms with Gasteiger partial charge < -0.3 is 15.1 Å². The number of sulfonamides is 1. The van der Waals surface area contributed by atoms with Gasteiger partial charge in [0, 0.05) is 42.8 Å². The summed E-state index contributed by atoms with van der Waals surface area (Å²) in [5, 5.41) is 3.60. The number of amides is 3. The summed E-state index contributed by atoms with van der Waals surface area (Å²) in [7, 11) is -3.85. The number of nitrogens with zero attached hydrogens (tertiary/aromatic N) is 3. The second-order valence-electron chi connectivity index (χ2n) is 11.2. The van der Waals surface area contributed by atoms with Crippen molar-refractivity contribution in [3.05, 3.63) is 64.7 Å². The molecule has 0 aromatic heterocycles. The van der Waals surface area contributed by atoms with Gasteiger partial charge in [0.2, 0.25) is 15.9 Å². The normalized spacial score (nSPS) is 14.9. The van der Waals surface area contributed by atoms with Crippen molar-refractivity contribution in [2.24, 2.45) is 0 Å². The van der Waals surface area contributed by atoms with Crippen molar-refractivity contribution in [2.45, 2.75) is 76.9 Å². The fourth-order valence-electron chi connectivity index (χ4n) is 4.62. The van der Waals surface area contributed by atoms with Crippen molar-refractivity contribution in [3.8, 4) is 0 Å². The third kappa shape index (κ3) is 8.68. The van der Waals surface area contributed by atoms with E-state index in [1.165, 1.54) is 4.31 Å². The van der Waals surface area contributed by atoms with E-state index in [1.54, 1.807) is 46.2 Å². The first kappa shape index (κ1) is 30.9. The first-order valence-corrected chi connectivity index (χ1v) is 15.3. The van der Waals surface area contributed by atoms with Gasteiger partial charge in [-0.2, -0.15) is 4.31 Å². The van der Waals surface area contributed by atoms with Crippen molar-refractivity contribution in [3.63, 3.8) is 0 Å². The molecule has 2 aromatic rings. The number of piperidine rings is 1. The lowest BCUT2D eigenvalue weighted by molar-refractivity contribution is -0.135. The summed E-state index contributed by atoms with van der Waals surface area (Å²) in [6.45, 7) is 11.0. The minimum absolute atomic E-state index is 0.116. The van der Waals surface area contributed by atoms with Crippen LogP contribution in [0, 0.1) is 6.92 Å². The van der Waals surface area contributed by atoms with Crippen molar-refractivity contribution < 1.29 is 18.0 Å². The van der Waals surface area contributed by atoms with E-state index < -0.39 is 10.0 Å². The zero-order valence-electron chi connectivity index (χ0n) is 23.6. The molecule has 214 valence electrons. The molecule has 1 saturated heterocycles. The van der Waals surface area contributed by atoms with Crippen LogP contribution in [0.25, 0.3) is 0 Å². The minimum atomic E-state index is -3.85. The molecule has 0 aliphatic carbocycles. The Bertz CT molecular complexity index is 1220. The number of hydrogen-bond donors (Lipinski definition) is 1. The number of urea groups is 1. The molecular weight excluding hydrogens is 536 g/mol. The summed E-state index contributed by atoms with van der Waals surface area (Å²) in [5.41, 5.74) is 1.53. The molecule has 1 heterocycles. The third-order valence-electron chi connectivity index (χ3n) is 6.70. The van der Waals surface area contributed by atoms with Crippen LogP contribution in [0.4, 0.5) is 4.79 Å².